The highest BCUT2D eigenvalue weighted by molar-refractivity contribution is 6.20. The summed E-state index contributed by atoms with van der Waals surface area (Å²) in [6, 6.07) is 0. The molecule has 0 aromatic rings. The zero-order chi connectivity index (χ0) is 19.5. The van der Waals surface area contributed by atoms with Crippen LogP contribution in [0.15, 0.2) is 0 Å². The fourth-order valence-electron chi connectivity index (χ4n) is 4.34. The summed E-state index contributed by atoms with van der Waals surface area (Å²) >= 11 is 0. The average Bonchev–Trinajstić information content (AvgIpc) is 3.31. The van der Waals surface area contributed by atoms with Crippen LogP contribution in [0.4, 0.5) is 0 Å². The summed E-state index contributed by atoms with van der Waals surface area (Å²) < 4.78 is 4.64. The molecular formula is C23H38O4. The Balaban J connectivity index is 1.39. The van der Waals surface area contributed by atoms with Gasteiger partial charge in [0.05, 0.1) is 0 Å². The van der Waals surface area contributed by atoms with Gasteiger partial charge in [0.2, 0.25) is 0 Å². The second kappa shape index (κ2) is 12.3. The van der Waals surface area contributed by atoms with Crippen molar-refractivity contribution >= 4 is 17.5 Å². The molecule has 0 aromatic carbocycles. The summed E-state index contributed by atoms with van der Waals surface area (Å²) in [6.07, 6.45) is 18.6. The summed E-state index contributed by atoms with van der Waals surface area (Å²) in [4.78, 5) is 34.8. The Morgan fingerprint density at radius 3 is 1.96 bits per heavy atom. The van der Waals surface area contributed by atoms with Crippen molar-refractivity contribution in [2.45, 2.75) is 103 Å². The Bertz CT molecular complexity index is 469. The van der Waals surface area contributed by atoms with Gasteiger partial charge in [-0.15, -0.1) is 0 Å². The van der Waals surface area contributed by atoms with Crippen molar-refractivity contribution in [3.63, 3.8) is 0 Å². The monoisotopic (exact) mass is 378 g/mol. The van der Waals surface area contributed by atoms with E-state index < -0.39 is 11.9 Å². The Morgan fingerprint density at radius 2 is 1.41 bits per heavy atom. The van der Waals surface area contributed by atoms with E-state index in [4.69, 9.17) is 0 Å². The van der Waals surface area contributed by atoms with E-state index in [1.165, 1.54) is 77.0 Å². The molecule has 154 valence electrons. The number of unbranched alkanes of at least 4 members (excludes halogenated alkanes) is 9. The number of carbonyl (C=O) groups excluding carboxylic acids is 3. The molecule has 0 radical (unpaired) electrons. The summed E-state index contributed by atoms with van der Waals surface area (Å²) in [5, 5.41) is 0. The highest BCUT2D eigenvalue weighted by Gasteiger charge is 2.40. The van der Waals surface area contributed by atoms with Gasteiger partial charge in [0.25, 0.3) is 0 Å². The van der Waals surface area contributed by atoms with Gasteiger partial charge in [-0.2, -0.15) is 0 Å². The standard InChI is InChI=1S/C23H38O4/c1-2-3-4-5-6-7-8-9-10-13-18-16-19(18)14-11-12-15-20(24)22-21(25)17-27-23(22)26/h18-19,22H,2-17H2,1H3. The Kier molecular flexibility index (Phi) is 10.1. The molecule has 2 fully saturated rings. The number of Topliss-reactive ketones (excluding diaryl/α,β-unsaturated/α-hetero) is 2. The molecule has 0 aromatic heterocycles. The molecule has 4 heteroatoms. The first kappa shape index (κ1) is 22.1. The largest absolute Gasteiger partial charge is 0.457 e. The van der Waals surface area contributed by atoms with Gasteiger partial charge in [-0.05, 0) is 24.7 Å². The first-order valence-electron chi connectivity index (χ1n) is 11.4. The first-order valence-corrected chi connectivity index (χ1v) is 11.4. The molecule has 0 bridgehead atoms. The second-order valence-electron chi connectivity index (χ2n) is 8.59. The van der Waals surface area contributed by atoms with Crippen molar-refractivity contribution in [1.82, 2.24) is 0 Å². The van der Waals surface area contributed by atoms with Crippen molar-refractivity contribution in [1.29, 1.82) is 0 Å². The van der Waals surface area contributed by atoms with Crippen LogP contribution in [0.1, 0.15) is 103 Å². The maximum atomic E-state index is 12.0. The smallest absolute Gasteiger partial charge is 0.324 e. The van der Waals surface area contributed by atoms with E-state index in [0.717, 1.165) is 24.7 Å². The minimum Gasteiger partial charge on any atom is -0.457 e. The van der Waals surface area contributed by atoms with Crippen LogP contribution < -0.4 is 0 Å². The number of cyclic esters (lactones) is 1. The lowest BCUT2D eigenvalue weighted by Crippen LogP contribution is -2.25. The van der Waals surface area contributed by atoms with E-state index in [1.807, 2.05) is 0 Å². The number of ketones is 2. The summed E-state index contributed by atoms with van der Waals surface area (Å²) in [5.74, 6) is -0.611. The molecule has 0 amide bonds. The molecule has 1 saturated carbocycles. The lowest BCUT2D eigenvalue weighted by atomic mass is 9.96. The molecule has 0 N–H and O–H groups in total. The zero-order valence-electron chi connectivity index (χ0n) is 17.2. The minimum atomic E-state index is -1.12. The van der Waals surface area contributed by atoms with Crippen LogP contribution >= 0.6 is 0 Å². The maximum Gasteiger partial charge on any atom is 0.324 e. The molecule has 3 atom stereocenters. The number of rotatable bonds is 16. The predicted octanol–water partition coefficient (Wildman–Crippen LogP) is 5.42. The topological polar surface area (TPSA) is 60.4 Å². The van der Waals surface area contributed by atoms with Gasteiger partial charge >= 0.3 is 5.97 Å². The van der Waals surface area contributed by atoms with Crippen molar-refractivity contribution in [2.24, 2.45) is 17.8 Å². The quantitative estimate of drug-likeness (QED) is 0.204. The fraction of sp³-hybridized carbons (Fsp3) is 0.870. The van der Waals surface area contributed by atoms with Gasteiger partial charge < -0.3 is 4.74 Å². The minimum absolute atomic E-state index is 0.224. The highest BCUT2D eigenvalue weighted by Crippen LogP contribution is 2.45. The van der Waals surface area contributed by atoms with Crippen LogP contribution in [-0.4, -0.2) is 24.1 Å². The average molecular weight is 379 g/mol. The highest BCUT2D eigenvalue weighted by atomic mass is 16.5. The Morgan fingerprint density at radius 1 is 0.852 bits per heavy atom. The van der Waals surface area contributed by atoms with Gasteiger partial charge in [-0.25, -0.2) is 0 Å². The second-order valence-corrected chi connectivity index (χ2v) is 8.59. The molecule has 4 nitrogen and oxygen atoms in total. The summed E-state index contributed by atoms with van der Waals surface area (Å²) in [7, 11) is 0. The van der Waals surface area contributed by atoms with Gasteiger partial charge in [-0.1, -0.05) is 84.0 Å². The van der Waals surface area contributed by atoms with E-state index in [1.54, 1.807) is 0 Å². The number of ether oxygens (including phenoxy) is 1. The van der Waals surface area contributed by atoms with Gasteiger partial charge in [-0.3, -0.25) is 14.4 Å². The maximum absolute atomic E-state index is 12.0. The predicted molar refractivity (Wildman–Crippen MR) is 106 cm³/mol. The first-order chi connectivity index (χ1) is 13.1. The third kappa shape index (κ3) is 8.15. The normalized spacial score (nSPS) is 24.3. The summed E-state index contributed by atoms with van der Waals surface area (Å²) in [5.41, 5.74) is 0. The number of hydrogen-bond donors (Lipinski definition) is 0. The van der Waals surface area contributed by atoms with Crippen molar-refractivity contribution in [3.8, 4) is 0 Å². The zero-order valence-corrected chi connectivity index (χ0v) is 17.2. The molecule has 1 aliphatic heterocycles. The van der Waals surface area contributed by atoms with Crippen LogP contribution in [0, 0.1) is 17.8 Å². The van der Waals surface area contributed by atoms with Crippen LogP contribution in [0.3, 0.4) is 0 Å². The third-order valence-corrected chi connectivity index (χ3v) is 6.23. The van der Waals surface area contributed by atoms with E-state index in [2.05, 4.69) is 11.7 Å². The van der Waals surface area contributed by atoms with E-state index in [0.29, 0.717) is 6.42 Å². The number of hydrogen-bond acceptors (Lipinski definition) is 4. The molecule has 3 unspecified atom stereocenters. The molecular weight excluding hydrogens is 340 g/mol. The Hall–Kier alpha value is -1.19. The van der Waals surface area contributed by atoms with Crippen molar-refractivity contribution < 1.29 is 19.1 Å². The van der Waals surface area contributed by atoms with E-state index in [9.17, 15) is 14.4 Å². The van der Waals surface area contributed by atoms with Gasteiger partial charge in [0.15, 0.2) is 24.1 Å². The van der Waals surface area contributed by atoms with Crippen LogP contribution in [-0.2, 0) is 19.1 Å². The van der Waals surface area contributed by atoms with Gasteiger partial charge in [0.1, 0.15) is 0 Å². The van der Waals surface area contributed by atoms with Crippen LogP contribution in [0.2, 0.25) is 0 Å². The summed E-state index contributed by atoms with van der Waals surface area (Å²) in [6.45, 7) is 2.04. The fourth-order valence-corrected chi connectivity index (χ4v) is 4.34. The number of esters is 1. The number of carbonyl (C=O) groups is 3. The lowest BCUT2D eigenvalue weighted by Gasteiger charge is -2.04. The van der Waals surface area contributed by atoms with E-state index in [-0.39, 0.29) is 18.2 Å². The molecule has 0 spiro atoms. The van der Waals surface area contributed by atoms with Gasteiger partial charge in [0, 0.05) is 6.42 Å². The van der Waals surface area contributed by atoms with Crippen LogP contribution in [0.25, 0.3) is 0 Å². The van der Waals surface area contributed by atoms with E-state index >= 15 is 0 Å². The lowest BCUT2D eigenvalue weighted by molar-refractivity contribution is -0.144. The van der Waals surface area contributed by atoms with Crippen molar-refractivity contribution in [2.75, 3.05) is 6.61 Å². The molecule has 1 heterocycles. The Labute approximate surface area is 164 Å². The molecule has 27 heavy (non-hydrogen) atoms. The SMILES string of the molecule is CCCCCCCCCCCC1CC1CCCCC(=O)C1C(=O)COC1=O. The molecule has 2 aliphatic rings. The van der Waals surface area contributed by atoms with Crippen molar-refractivity contribution in [3.05, 3.63) is 0 Å². The molecule has 1 saturated heterocycles. The third-order valence-electron chi connectivity index (χ3n) is 6.23. The molecule has 1 aliphatic carbocycles. The van der Waals surface area contributed by atoms with Crippen LogP contribution in [0.5, 0.6) is 0 Å². The molecule has 2 rings (SSSR count).